The van der Waals surface area contributed by atoms with E-state index in [4.69, 9.17) is 11.6 Å². The number of sulfonamides is 1. The lowest BCUT2D eigenvalue weighted by Gasteiger charge is -2.19. The lowest BCUT2D eigenvalue weighted by Crippen LogP contribution is -2.25. The summed E-state index contributed by atoms with van der Waals surface area (Å²) in [6, 6.07) is 7.30. The normalized spacial score (nSPS) is 11.8. The van der Waals surface area contributed by atoms with Crippen molar-refractivity contribution >= 4 is 48.9 Å². The number of aromatic nitrogens is 2. The molecule has 114 valence electrons. The number of anilines is 1. The van der Waals surface area contributed by atoms with Gasteiger partial charge in [0.1, 0.15) is 0 Å². The molecule has 2 aromatic heterocycles. The highest BCUT2D eigenvalue weighted by molar-refractivity contribution is 7.92. The molecular formula is C14H12ClN3O2S2. The molecule has 3 aromatic rings. The SMILES string of the molecule is CN(c1ccccc1-c1csc2cnc(Cl)nc12)S(C)(=O)=O. The van der Waals surface area contributed by atoms with Crippen molar-refractivity contribution in [2.75, 3.05) is 17.6 Å². The number of nitrogens with zero attached hydrogens (tertiary/aromatic N) is 3. The summed E-state index contributed by atoms with van der Waals surface area (Å²) in [5.41, 5.74) is 2.95. The number of para-hydroxylation sites is 1. The maximum Gasteiger partial charge on any atom is 0.232 e. The highest BCUT2D eigenvalue weighted by atomic mass is 35.5. The third-order valence-electron chi connectivity index (χ3n) is 3.32. The van der Waals surface area contributed by atoms with Crippen molar-refractivity contribution in [2.45, 2.75) is 0 Å². The number of hydrogen-bond donors (Lipinski definition) is 0. The van der Waals surface area contributed by atoms with Crippen LogP contribution in [0.1, 0.15) is 0 Å². The van der Waals surface area contributed by atoms with Crippen molar-refractivity contribution in [1.29, 1.82) is 0 Å². The molecule has 8 heteroatoms. The highest BCUT2D eigenvalue weighted by Crippen LogP contribution is 2.38. The van der Waals surface area contributed by atoms with Gasteiger partial charge in [0.15, 0.2) is 0 Å². The number of fused-ring (bicyclic) bond motifs is 1. The third kappa shape index (κ3) is 2.67. The summed E-state index contributed by atoms with van der Waals surface area (Å²) in [6.45, 7) is 0. The molecule has 0 saturated carbocycles. The number of rotatable bonds is 3. The zero-order chi connectivity index (χ0) is 15.9. The van der Waals surface area contributed by atoms with E-state index in [-0.39, 0.29) is 5.28 Å². The predicted octanol–water partition coefficient (Wildman–Crippen LogP) is 3.41. The Kier molecular flexibility index (Phi) is 3.80. The van der Waals surface area contributed by atoms with Crippen molar-refractivity contribution in [2.24, 2.45) is 0 Å². The lowest BCUT2D eigenvalue weighted by molar-refractivity contribution is 0.600. The molecule has 22 heavy (non-hydrogen) atoms. The summed E-state index contributed by atoms with van der Waals surface area (Å²) >= 11 is 7.38. The van der Waals surface area contributed by atoms with Gasteiger partial charge >= 0.3 is 0 Å². The fraction of sp³-hybridized carbons (Fsp3) is 0.143. The van der Waals surface area contributed by atoms with Gasteiger partial charge < -0.3 is 0 Å². The molecule has 0 fully saturated rings. The number of thiophene rings is 1. The summed E-state index contributed by atoms with van der Waals surface area (Å²) in [6.07, 6.45) is 2.84. The maximum absolute atomic E-state index is 11.9. The highest BCUT2D eigenvalue weighted by Gasteiger charge is 2.19. The Bertz CT molecular complexity index is 954. The van der Waals surface area contributed by atoms with E-state index in [9.17, 15) is 8.42 Å². The van der Waals surface area contributed by atoms with Crippen LogP contribution >= 0.6 is 22.9 Å². The molecule has 0 amide bonds. The Labute approximate surface area is 137 Å². The van der Waals surface area contributed by atoms with Crippen LogP contribution in [-0.4, -0.2) is 31.7 Å². The second-order valence-electron chi connectivity index (χ2n) is 4.75. The van der Waals surface area contributed by atoms with E-state index in [0.717, 1.165) is 21.3 Å². The molecule has 0 aliphatic heterocycles. The van der Waals surface area contributed by atoms with Crippen molar-refractivity contribution in [3.05, 3.63) is 41.1 Å². The molecular weight excluding hydrogens is 342 g/mol. The van der Waals surface area contributed by atoms with Crippen molar-refractivity contribution in [1.82, 2.24) is 9.97 Å². The first-order valence-electron chi connectivity index (χ1n) is 6.31. The fourth-order valence-corrected chi connectivity index (χ4v) is 3.67. The topological polar surface area (TPSA) is 63.2 Å². The minimum absolute atomic E-state index is 0.168. The van der Waals surface area contributed by atoms with E-state index >= 15 is 0 Å². The predicted molar refractivity (Wildman–Crippen MR) is 91.1 cm³/mol. The van der Waals surface area contributed by atoms with Crippen LogP contribution < -0.4 is 4.31 Å². The van der Waals surface area contributed by atoms with Gasteiger partial charge in [0.05, 0.1) is 22.2 Å². The minimum atomic E-state index is -3.35. The van der Waals surface area contributed by atoms with E-state index in [2.05, 4.69) is 9.97 Å². The first kappa shape index (κ1) is 15.2. The summed E-state index contributed by atoms with van der Waals surface area (Å²) in [7, 11) is -1.82. The quantitative estimate of drug-likeness (QED) is 0.677. The molecule has 3 rings (SSSR count). The average molecular weight is 354 g/mol. The Morgan fingerprint density at radius 2 is 1.95 bits per heavy atom. The molecule has 5 nitrogen and oxygen atoms in total. The standard InChI is InChI=1S/C14H12ClN3O2S2/c1-18(22(2,19)20)11-6-4-3-5-9(11)10-8-21-12-7-16-14(15)17-13(10)12/h3-8H,1-2H3. The van der Waals surface area contributed by atoms with Crippen LogP contribution in [0, 0.1) is 0 Å². The maximum atomic E-state index is 11.9. The Hall–Kier alpha value is -1.70. The monoisotopic (exact) mass is 353 g/mol. The van der Waals surface area contributed by atoms with Crippen LogP contribution in [0.3, 0.4) is 0 Å². The lowest BCUT2D eigenvalue weighted by atomic mass is 10.1. The smallest absolute Gasteiger partial charge is 0.232 e. The van der Waals surface area contributed by atoms with Gasteiger partial charge in [0.2, 0.25) is 15.3 Å². The molecule has 0 unspecified atom stereocenters. The average Bonchev–Trinajstić information content (AvgIpc) is 2.88. The summed E-state index contributed by atoms with van der Waals surface area (Å²) in [4.78, 5) is 8.24. The Balaban J connectivity index is 2.26. The van der Waals surface area contributed by atoms with E-state index in [1.807, 2.05) is 17.5 Å². The summed E-state index contributed by atoms with van der Waals surface area (Å²) in [5.74, 6) is 0. The van der Waals surface area contributed by atoms with Gasteiger partial charge in [0, 0.05) is 29.8 Å². The van der Waals surface area contributed by atoms with Crippen LogP contribution in [0.4, 0.5) is 5.69 Å². The molecule has 2 heterocycles. The van der Waals surface area contributed by atoms with E-state index in [0.29, 0.717) is 5.69 Å². The molecule has 0 bridgehead atoms. The molecule has 0 N–H and O–H groups in total. The molecule has 0 aliphatic carbocycles. The zero-order valence-electron chi connectivity index (χ0n) is 11.8. The van der Waals surface area contributed by atoms with Gasteiger partial charge in [-0.3, -0.25) is 4.31 Å². The van der Waals surface area contributed by atoms with Gasteiger partial charge in [0.25, 0.3) is 0 Å². The third-order valence-corrected chi connectivity index (χ3v) is 5.60. The van der Waals surface area contributed by atoms with Crippen molar-refractivity contribution < 1.29 is 8.42 Å². The number of hydrogen-bond acceptors (Lipinski definition) is 5. The fourth-order valence-electron chi connectivity index (χ4n) is 2.15. The van der Waals surface area contributed by atoms with Gasteiger partial charge in [-0.2, -0.15) is 0 Å². The first-order chi connectivity index (χ1) is 10.4. The Morgan fingerprint density at radius 1 is 1.23 bits per heavy atom. The number of benzene rings is 1. The van der Waals surface area contributed by atoms with Crippen LogP contribution in [0.15, 0.2) is 35.8 Å². The second-order valence-corrected chi connectivity index (χ2v) is 8.01. The van der Waals surface area contributed by atoms with Gasteiger partial charge in [-0.25, -0.2) is 18.4 Å². The summed E-state index contributed by atoms with van der Waals surface area (Å²) in [5, 5.41) is 2.10. The minimum Gasteiger partial charge on any atom is -0.273 e. The molecule has 0 atom stereocenters. The molecule has 0 spiro atoms. The van der Waals surface area contributed by atoms with Crippen molar-refractivity contribution in [3.8, 4) is 11.1 Å². The van der Waals surface area contributed by atoms with Crippen LogP contribution in [0.2, 0.25) is 5.28 Å². The van der Waals surface area contributed by atoms with E-state index < -0.39 is 10.0 Å². The van der Waals surface area contributed by atoms with Gasteiger partial charge in [-0.05, 0) is 17.7 Å². The van der Waals surface area contributed by atoms with Crippen LogP contribution in [0.5, 0.6) is 0 Å². The second kappa shape index (κ2) is 5.49. The van der Waals surface area contributed by atoms with Crippen molar-refractivity contribution in [3.63, 3.8) is 0 Å². The molecule has 0 radical (unpaired) electrons. The molecule has 0 saturated heterocycles. The molecule has 1 aromatic carbocycles. The largest absolute Gasteiger partial charge is 0.273 e. The van der Waals surface area contributed by atoms with Crippen LogP contribution in [-0.2, 0) is 10.0 Å². The number of halogens is 1. The van der Waals surface area contributed by atoms with E-state index in [1.165, 1.54) is 28.9 Å². The molecule has 0 aliphatic rings. The zero-order valence-corrected chi connectivity index (χ0v) is 14.2. The van der Waals surface area contributed by atoms with E-state index in [1.54, 1.807) is 18.3 Å². The summed E-state index contributed by atoms with van der Waals surface area (Å²) < 4.78 is 25.9. The Morgan fingerprint density at radius 3 is 2.68 bits per heavy atom. The van der Waals surface area contributed by atoms with Gasteiger partial charge in [-0.15, -0.1) is 11.3 Å². The van der Waals surface area contributed by atoms with Gasteiger partial charge in [-0.1, -0.05) is 18.2 Å². The van der Waals surface area contributed by atoms with Crippen LogP contribution in [0.25, 0.3) is 21.3 Å². The first-order valence-corrected chi connectivity index (χ1v) is 9.41.